The topological polar surface area (TPSA) is 41.5 Å². The molecule has 1 aliphatic carbocycles. The number of hydrogen-bond donors (Lipinski definition) is 2. The van der Waals surface area contributed by atoms with Gasteiger partial charge in [-0.3, -0.25) is 0 Å². The lowest BCUT2D eigenvalue weighted by Gasteiger charge is -2.16. The summed E-state index contributed by atoms with van der Waals surface area (Å²) in [5, 5.41) is 13.4. The van der Waals surface area contributed by atoms with Crippen LogP contribution in [-0.2, 0) is 0 Å². The number of nitrogens with one attached hydrogen (secondary N) is 1. The van der Waals surface area contributed by atoms with Crippen molar-refractivity contribution < 1.29 is 9.84 Å². The Kier molecular flexibility index (Phi) is 4.48. The molecule has 2 rings (SSSR count). The molecule has 0 aromatic heterocycles. The van der Waals surface area contributed by atoms with Crippen LogP contribution in [0.3, 0.4) is 0 Å². The maximum atomic E-state index is 9.93. The lowest BCUT2D eigenvalue weighted by molar-refractivity contribution is 0.403. The molecule has 1 saturated carbocycles. The molecular formula is C15H23NO2. The molecule has 1 aliphatic rings. The van der Waals surface area contributed by atoms with Crippen LogP contribution in [0.4, 0.5) is 0 Å². The highest BCUT2D eigenvalue weighted by atomic mass is 16.5. The van der Waals surface area contributed by atoms with Crippen molar-refractivity contribution in [2.24, 2.45) is 5.92 Å². The molecule has 1 aromatic rings. The molecule has 1 unspecified atom stereocenters. The fraction of sp³-hybridized carbons (Fsp3) is 0.600. The van der Waals surface area contributed by atoms with Gasteiger partial charge in [-0.05, 0) is 38.3 Å². The van der Waals surface area contributed by atoms with Gasteiger partial charge in [-0.25, -0.2) is 0 Å². The fourth-order valence-corrected chi connectivity index (χ4v) is 2.24. The van der Waals surface area contributed by atoms with Crippen LogP contribution in [0.5, 0.6) is 11.5 Å². The third kappa shape index (κ3) is 3.64. The van der Waals surface area contributed by atoms with E-state index in [1.807, 2.05) is 12.1 Å². The lowest BCUT2D eigenvalue weighted by Crippen LogP contribution is -2.20. The Hall–Kier alpha value is -1.22. The van der Waals surface area contributed by atoms with Gasteiger partial charge in [-0.1, -0.05) is 18.9 Å². The summed E-state index contributed by atoms with van der Waals surface area (Å²) in [7, 11) is 1.61. The summed E-state index contributed by atoms with van der Waals surface area (Å²) in [5.74, 6) is 1.99. The molecule has 0 heterocycles. The highest BCUT2D eigenvalue weighted by Gasteiger charge is 2.20. The minimum atomic E-state index is 0.176. The van der Waals surface area contributed by atoms with Gasteiger partial charge in [-0.15, -0.1) is 0 Å². The molecule has 3 heteroatoms. The number of hydrogen-bond acceptors (Lipinski definition) is 3. The Bertz CT molecular complexity index is 388. The third-order valence-electron chi connectivity index (χ3n) is 3.64. The van der Waals surface area contributed by atoms with E-state index in [0.29, 0.717) is 11.5 Å². The first-order chi connectivity index (χ1) is 8.70. The van der Waals surface area contributed by atoms with Gasteiger partial charge in [0.15, 0.2) is 0 Å². The van der Waals surface area contributed by atoms with Crippen LogP contribution in [0.2, 0.25) is 0 Å². The van der Waals surface area contributed by atoms with Gasteiger partial charge in [-0.2, -0.15) is 0 Å². The standard InChI is InChI=1S/C15H23NO2/c1-11(16-9-3-4-12-5-6-12)14-8-7-13(18-2)10-15(14)17/h7-8,10-12,16-17H,3-6,9H2,1-2H3. The molecule has 0 saturated heterocycles. The van der Waals surface area contributed by atoms with Crippen LogP contribution in [0.25, 0.3) is 0 Å². The quantitative estimate of drug-likeness (QED) is 0.729. The van der Waals surface area contributed by atoms with Gasteiger partial charge in [0.05, 0.1) is 7.11 Å². The zero-order chi connectivity index (χ0) is 13.0. The van der Waals surface area contributed by atoms with Crippen molar-refractivity contribution in [3.8, 4) is 11.5 Å². The number of aromatic hydroxyl groups is 1. The number of benzene rings is 1. The van der Waals surface area contributed by atoms with Crippen molar-refractivity contribution in [1.29, 1.82) is 0 Å². The summed E-state index contributed by atoms with van der Waals surface area (Å²) < 4.78 is 5.08. The van der Waals surface area contributed by atoms with Crippen LogP contribution in [0.15, 0.2) is 18.2 Å². The van der Waals surface area contributed by atoms with E-state index in [1.54, 1.807) is 13.2 Å². The molecule has 0 amide bonds. The zero-order valence-electron chi connectivity index (χ0n) is 11.3. The molecule has 1 aromatic carbocycles. The zero-order valence-corrected chi connectivity index (χ0v) is 11.3. The summed E-state index contributed by atoms with van der Waals surface area (Å²) in [5.41, 5.74) is 0.933. The SMILES string of the molecule is COc1ccc(C(C)NCCCC2CC2)c(O)c1. The lowest BCUT2D eigenvalue weighted by atomic mass is 10.1. The van der Waals surface area contributed by atoms with Crippen molar-refractivity contribution in [2.45, 2.75) is 38.6 Å². The Morgan fingerprint density at radius 3 is 2.83 bits per heavy atom. The van der Waals surface area contributed by atoms with Crippen molar-refractivity contribution in [3.63, 3.8) is 0 Å². The number of phenolic OH excluding ortho intramolecular Hbond substituents is 1. The van der Waals surface area contributed by atoms with Gasteiger partial charge in [0.1, 0.15) is 11.5 Å². The van der Waals surface area contributed by atoms with Gasteiger partial charge in [0.25, 0.3) is 0 Å². The number of phenols is 1. The second kappa shape index (κ2) is 6.10. The van der Waals surface area contributed by atoms with Crippen molar-refractivity contribution >= 4 is 0 Å². The molecule has 1 fully saturated rings. The molecule has 0 aliphatic heterocycles. The van der Waals surface area contributed by atoms with Crippen molar-refractivity contribution in [1.82, 2.24) is 5.32 Å². The van der Waals surface area contributed by atoms with Gasteiger partial charge in [0, 0.05) is 17.7 Å². The molecule has 3 nitrogen and oxygen atoms in total. The summed E-state index contributed by atoms with van der Waals surface area (Å²) in [6.45, 7) is 3.10. The van der Waals surface area contributed by atoms with E-state index in [2.05, 4.69) is 12.2 Å². The first-order valence-corrected chi connectivity index (χ1v) is 6.81. The molecular weight excluding hydrogens is 226 g/mol. The normalized spacial score (nSPS) is 16.6. The highest BCUT2D eigenvalue weighted by molar-refractivity contribution is 5.41. The predicted octanol–water partition coefficient (Wildman–Crippen LogP) is 3.24. The van der Waals surface area contributed by atoms with Crippen LogP contribution < -0.4 is 10.1 Å². The number of ether oxygens (including phenoxy) is 1. The van der Waals surface area contributed by atoms with Crippen molar-refractivity contribution in [2.75, 3.05) is 13.7 Å². The van der Waals surface area contributed by atoms with E-state index >= 15 is 0 Å². The molecule has 1 atom stereocenters. The summed E-state index contributed by atoms with van der Waals surface area (Å²) >= 11 is 0. The maximum absolute atomic E-state index is 9.93. The molecule has 0 spiro atoms. The molecule has 0 bridgehead atoms. The largest absolute Gasteiger partial charge is 0.507 e. The van der Waals surface area contributed by atoms with Crippen molar-refractivity contribution in [3.05, 3.63) is 23.8 Å². The van der Waals surface area contributed by atoms with E-state index in [0.717, 1.165) is 18.0 Å². The minimum Gasteiger partial charge on any atom is -0.507 e. The van der Waals surface area contributed by atoms with E-state index in [4.69, 9.17) is 4.74 Å². The minimum absolute atomic E-state index is 0.176. The molecule has 2 N–H and O–H groups in total. The Morgan fingerprint density at radius 1 is 1.44 bits per heavy atom. The fourth-order valence-electron chi connectivity index (χ4n) is 2.24. The average Bonchev–Trinajstić information content (AvgIpc) is 3.18. The van der Waals surface area contributed by atoms with E-state index < -0.39 is 0 Å². The first-order valence-electron chi connectivity index (χ1n) is 6.81. The van der Waals surface area contributed by atoms with Crippen LogP contribution in [0, 0.1) is 5.92 Å². The second-order valence-corrected chi connectivity index (χ2v) is 5.19. The summed E-state index contributed by atoms with van der Waals surface area (Å²) in [6.07, 6.45) is 5.42. The average molecular weight is 249 g/mol. The summed E-state index contributed by atoms with van der Waals surface area (Å²) in [4.78, 5) is 0. The van der Waals surface area contributed by atoms with Gasteiger partial charge >= 0.3 is 0 Å². The van der Waals surface area contributed by atoms with Gasteiger partial charge < -0.3 is 15.2 Å². The number of rotatable bonds is 7. The van der Waals surface area contributed by atoms with E-state index in [1.165, 1.54) is 25.7 Å². The van der Waals surface area contributed by atoms with E-state index in [-0.39, 0.29) is 6.04 Å². The monoisotopic (exact) mass is 249 g/mol. The van der Waals surface area contributed by atoms with Gasteiger partial charge in [0.2, 0.25) is 0 Å². The van der Waals surface area contributed by atoms with Crippen LogP contribution in [0.1, 0.15) is 44.2 Å². The number of methoxy groups -OCH3 is 1. The van der Waals surface area contributed by atoms with E-state index in [9.17, 15) is 5.11 Å². The Labute approximate surface area is 109 Å². The third-order valence-corrected chi connectivity index (χ3v) is 3.64. The van der Waals surface area contributed by atoms with Crippen LogP contribution in [-0.4, -0.2) is 18.8 Å². The maximum Gasteiger partial charge on any atom is 0.124 e. The predicted molar refractivity (Wildman–Crippen MR) is 73.0 cm³/mol. The molecule has 100 valence electrons. The van der Waals surface area contributed by atoms with Crippen LogP contribution >= 0.6 is 0 Å². The summed E-state index contributed by atoms with van der Waals surface area (Å²) in [6, 6.07) is 5.65. The smallest absolute Gasteiger partial charge is 0.124 e. The Balaban J connectivity index is 1.81. The first kappa shape index (κ1) is 13.2. The Morgan fingerprint density at radius 2 is 2.22 bits per heavy atom. The second-order valence-electron chi connectivity index (χ2n) is 5.19. The molecule has 18 heavy (non-hydrogen) atoms. The highest BCUT2D eigenvalue weighted by Crippen LogP contribution is 2.33. The molecule has 0 radical (unpaired) electrons.